The summed E-state index contributed by atoms with van der Waals surface area (Å²) in [7, 11) is -4.08. The molecular formula is C16H10BrCl2N3O4S. The summed E-state index contributed by atoms with van der Waals surface area (Å²) in [6, 6.07) is 11.2. The van der Waals surface area contributed by atoms with Crippen molar-refractivity contribution in [2.45, 2.75) is 4.90 Å². The SMILES string of the molecule is Nc1cc(OC(=O)c2cc(Br)ccc2Cl)nn1S(=O)(=O)c1ccc(Cl)cc1. The van der Waals surface area contributed by atoms with Gasteiger partial charge in [0.2, 0.25) is 5.88 Å². The third kappa shape index (κ3) is 4.11. The highest BCUT2D eigenvalue weighted by Gasteiger charge is 2.23. The van der Waals surface area contributed by atoms with Crippen LogP contribution in [0.25, 0.3) is 0 Å². The summed E-state index contributed by atoms with van der Waals surface area (Å²) >= 11 is 15.0. The van der Waals surface area contributed by atoms with Gasteiger partial charge in [0.15, 0.2) is 0 Å². The van der Waals surface area contributed by atoms with Crippen LogP contribution in [0.5, 0.6) is 5.88 Å². The highest BCUT2D eigenvalue weighted by atomic mass is 79.9. The Balaban J connectivity index is 1.91. The number of ether oxygens (including phenoxy) is 1. The van der Waals surface area contributed by atoms with Crippen molar-refractivity contribution in [3.05, 3.63) is 68.6 Å². The van der Waals surface area contributed by atoms with E-state index in [1.54, 1.807) is 6.07 Å². The van der Waals surface area contributed by atoms with Crippen molar-refractivity contribution in [1.82, 2.24) is 9.19 Å². The molecular weight excluding hydrogens is 481 g/mol. The molecule has 27 heavy (non-hydrogen) atoms. The summed E-state index contributed by atoms with van der Waals surface area (Å²) in [6.07, 6.45) is 0. The molecule has 3 aromatic rings. The second kappa shape index (κ2) is 7.51. The van der Waals surface area contributed by atoms with E-state index >= 15 is 0 Å². The fourth-order valence-electron chi connectivity index (χ4n) is 2.11. The van der Waals surface area contributed by atoms with Crippen LogP contribution >= 0.6 is 39.1 Å². The first kappa shape index (κ1) is 19.7. The van der Waals surface area contributed by atoms with Crippen LogP contribution in [0, 0.1) is 0 Å². The molecule has 0 radical (unpaired) electrons. The Kier molecular flexibility index (Phi) is 5.48. The number of aromatic nitrogens is 2. The van der Waals surface area contributed by atoms with Crippen LogP contribution in [0.1, 0.15) is 10.4 Å². The number of benzene rings is 2. The fraction of sp³-hybridized carbons (Fsp3) is 0. The number of carbonyl (C=O) groups excluding carboxylic acids is 1. The third-order valence-corrected chi connectivity index (χ3v) is 6.06. The highest BCUT2D eigenvalue weighted by molar-refractivity contribution is 9.10. The number of halogens is 3. The molecule has 3 rings (SSSR count). The molecule has 0 aliphatic rings. The predicted octanol–water partition coefficient (Wildman–Crippen LogP) is 3.99. The van der Waals surface area contributed by atoms with Gasteiger partial charge in [-0.05, 0) is 42.5 Å². The smallest absolute Gasteiger partial charge is 0.346 e. The molecule has 0 saturated carbocycles. The number of esters is 1. The fourth-order valence-corrected chi connectivity index (χ4v) is 3.99. The van der Waals surface area contributed by atoms with Crippen molar-refractivity contribution in [2.75, 3.05) is 5.73 Å². The van der Waals surface area contributed by atoms with Gasteiger partial charge >= 0.3 is 5.97 Å². The summed E-state index contributed by atoms with van der Waals surface area (Å²) in [4.78, 5) is 12.2. The van der Waals surface area contributed by atoms with Crippen molar-refractivity contribution in [3.8, 4) is 5.88 Å². The normalized spacial score (nSPS) is 11.4. The molecule has 0 saturated heterocycles. The van der Waals surface area contributed by atoms with Gasteiger partial charge in [-0.25, -0.2) is 4.79 Å². The molecule has 2 N–H and O–H groups in total. The molecule has 140 valence electrons. The van der Waals surface area contributed by atoms with Crippen LogP contribution in [0.15, 0.2) is 57.9 Å². The molecule has 1 aromatic heterocycles. The van der Waals surface area contributed by atoms with E-state index in [0.29, 0.717) is 13.6 Å². The first-order valence-electron chi connectivity index (χ1n) is 7.22. The minimum atomic E-state index is -4.08. The van der Waals surface area contributed by atoms with E-state index in [-0.39, 0.29) is 27.2 Å². The Morgan fingerprint density at radius 1 is 1.11 bits per heavy atom. The molecule has 1 heterocycles. The summed E-state index contributed by atoms with van der Waals surface area (Å²) in [6.45, 7) is 0. The highest BCUT2D eigenvalue weighted by Crippen LogP contribution is 2.25. The van der Waals surface area contributed by atoms with E-state index in [9.17, 15) is 13.2 Å². The number of nitrogens with zero attached hydrogens (tertiary/aromatic N) is 2. The van der Waals surface area contributed by atoms with Gasteiger partial charge in [-0.2, -0.15) is 8.42 Å². The molecule has 0 atom stereocenters. The Hall–Kier alpha value is -2.07. The van der Waals surface area contributed by atoms with Crippen LogP contribution in [0.2, 0.25) is 10.0 Å². The predicted molar refractivity (Wildman–Crippen MR) is 105 cm³/mol. The number of carbonyl (C=O) groups is 1. The van der Waals surface area contributed by atoms with E-state index in [0.717, 1.165) is 6.07 Å². The minimum absolute atomic E-state index is 0.0744. The molecule has 0 spiro atoms. The molecule has 0 aliphatic heterocycles. The molecule has 2 aromatic carbocycles. The molecule has 0 fully saturated rings. The zero-order valence-corrected chi connectivity index (χ0v) is 17.2. The number of rotatable bonds is 4. The van der Waals surface area contributed by atoms with Crippen molar-refractivity contribution in [3.63, 3.8) is 0 Å². The van der Waals surface area contributed by atoms with E-state index in [1.807, 2.05) is 0 Å². The van der Waals surface area contributed by atoms with Gasteiger partial charge in [-0.15, -0.1) is 9.19 Å². The van der Waals surface area contributed by atoms with Gasteiger partial charge in [0, 0.05) is 15.6 Å². The van der Waals surface area contributed by atoms with Crippen molar-refractivity contribution >= 4 is 60.9 Å². The monoisotopic (exact) mass is 489 g/mol. The molecule has 7 nitrogen and oxygen atoms in total. The quantitative estimate of drug-likeness (QED) is 0.554. The van der Waals surface area contributed by atoms with Crippen molar-refractivity contribution < 1.29 is 17.9 Å². The second-order valence-electron chi connectivity index (χ2n) is 5.22. The van der Waals surface area contributed by atoms with Crippen LogP contribution in [-0.2, 0) is 10.0 Å². The van der Waals surface area contributed by atoms with Gasteiger partial charge in [0.25, 0.3) is 10.0 Å². The number of hydrogen-bond acceptors (Lipinski definition) is 6. The van der Waals surface area contributed by atoms with E-state index in [1.165, 1.54) is 36.4 Å². The van der Waals surface area contributed by atoms with Gasteiger partial charge in [0.1, 0.15) is 5.82 Å². The average molecular weight is 491 g/mol. The molecule has 0 aliphatic carbocycles. The number of hydrogen-bond donors (Lipinski definition) is 1. The third-order valence-electron chi connectivity index (χ3n) is 3.37. The topological polar surface area (TPSA) is 104 Å². The Labute approximate surface area is 172 Å². The summed E-state index contributed by atoms with van der Waals surface area (Å²) < 4.78 is 31.6. The number of nitrogen functional groups attached to an aromatic ring is 1. The lowest BCUT2D eigenvalue weighted by Crippen LogP contribution is -2.17. The maximum absolute atomic E-state index is 12.6. The number of anilines is 1. The summed E-state index contributed by atoms with van der Waals surface area (Å²) in [5.74, 6) is -1.32. The van der Waals surface area contributed by atoms with E-state index < -0.39 is 16.0 Å². The first-order valence-corrected chi connectivity index (χ1v) is 10.2. The Bertz CT molecular complexity index is 1130. The van der Waals surface area contributed by atoms with Crippen molar-refractivity contribution in [2.24, 2.45) is 0 Å². The van der Waals surface area contributed by atoms with Gasteiger partial charge in [0.05, 0.1) is 15.5 Å². The molecule has 11 heteroatoms. The Morgan fingerprint density at radius 2 is 1.78 bits per heavy atom. The molecule has 0 bridgehead atoms. The van der Waals surface area contributed by atoms with E-state index in [4.69, 9.17) is 33.7 Å². The van der Waals surface area contributed by atoms with Crippen LogP contribution in [-0.4, -0.2) is 23.6 Å². The largest absolute Gasteiger partial charge is 0.402 e. The summed E-state index contributed by atoms with van der Waals surface area (Å²) in [5.41, 5.74) is 5.82. The standard InChI is InChI=1S/C16H10BrCl2N3O4S/c17-9-1-6-13(19)12(7-9)16(23)26-15-8-14(20)22(21-15)27(24,25)11-4-2-10(18)3-5-11/h1-8H,20H2. The van der Waals surface area contributed by atoms with Crippen LogP contribution in [0.3, 0.4) is 0 Å². The first-order chi connectivity index (χ1) is 12.7. The number of nitrogens with two attached hydrogens (primary N) is 1. The van der Waals surface area contributed by atoms with Gasteiger partial charge in [-0.1, -0.05) is 39.1 Å². The van der Waals surface area contributed by atoms with Gasteiger partial charge in [-0.3, -0.25) is 0 Å². The maximum Gasteiger partial charge on any atom is 0.346 e. The van der Waals surface area contributed by atoms with Gasteiger partial charge < -0.3 is 10.5 Å². The molecule has 0 amide bonds. The summed E-state index contributed by atoms with van der Waals surface area (Å²) in [5, 5.41) is 4.32. The zero-order chi connectivity index (χ0) is 19.8. The zero-order valence-electron chi connectivity index (χ0n) is 13.3. The van der Waals surface area contributed by atoms with E-state index in [2.05, 4.69) is 21.0 Å². The maximum atomic E-state index is 12.6. The van der Waals surface area contributed by atoms with Crippen molar-refractivity contribution in [1.29, 1.82) is 0 Å². The van der Waals surface area contributed by atoms with Crippen LogP contribution in [0.4, 0.5) is 5.82 Å². The molecule has 0 unspecified atom stereocenters. The lowest BCUT2D eigenvalue weighted by Gasteiger charge is -2.06. The lowest BCUT2D eigenvalue weighted by molar-refractivity contribution is 0.0727. The second-order valence-corrected chi connectivity index (χ2v) is 8.75. The lowest BCUT2D eigenvalue weighted by atomic mass is 10.2. The Morgan fingerprint density at radius 3 is 2.44 bits per heavy atom. The van der Waals surface area contributed by atoms with Crippen LogP contribution < -0.4 is 10.5 Å². The average Bonchev–Trinajstić information content (AvgIpc) is 2.98. The minimum Gasteiger partial charge on any atom is -0.402 e.